The van der Waals surface area contributed by atoms with Gasteiger partial charge in [-0.3, -0.25) is 9.78 Å². The maximum atomic E-state index is 12.6. The van der Waals surface area contributed by atoms with Crippen molar-refractivity contribution in [2.45, 2.75) is 30.8 Å². The van der Waals surface area contributed by atoms with Crippen molar-refractivity contribution < 1.29 is 17.9 Å². The van der Waals surface area contributed by atoms with Crippen molar-refractivity contribution in [1.29, 1.82) is 0 Å². The third kappa shape index (κ3) is 5.03. The zero-order valence-corrected chi connectivity index (χ0v) is 18.1. The molecule has 4 rings (SSSR count). The van der Waals surface area contributed by atoms with Crippen LogP contribution in [0, 0.1) is 6.92 Å². The molecular formula is C23H25N3O4S. The van der Waals surface area contributed by atoms with Crippen LogP contribution in [0.4, 0.5) is 0 Å². The predicted octanol–water partition coefficient (Wildman–Crippen LogP) is 2.89. The number of carbonyl (C=O) groups excluding carboxylic acids is 1. The lowest BCUT2D eigenvalue weighted by molar-refractivity contribution is -0.130. The van der Waals surface area contributed by atoms with Gasteiger partial charge in [-0.15, -0.1) is 0 Å². The van der Waals surface area contributed by atoms with Gasteiger partial charge < -0.3 is 9.64 Å². The summed E-state index contributed by atoms with van der Waals surface area (Å²) in [5.41, 5.74) is 1.67. The molecule has 0 bridgehead atoms. The largest absolute Gasteiger partial charge is 0.486 e. The molecule has 0 radical (unpaired) electrons. The highest BCUT2D eigenvalue weighted by molar-refractivity contribution is 7.89. The third-order valence-electron chi connectivity index (χ3n) is 5.32. The molecule has 1 N–H and O–H groups in total. The second-order valence-electron chi connectivity index (χ2n) is 7.66. The Kier molecular flexibility index (Phi) is 6.20. The Morgan fingerprint density at radius 1 is 1.19 bits per heavy atom. The maximum Gasteiger partial charge on any atom is 0.240 e. The van der Waals surface area contributed by atoms with Crippen LogP contribution < -0.4 is 9.46 Å². The van der Waals surface area contributed by atoms with Crippen LogP contribution >= 0.6 is 0 Å². The summed E-state index contributed by atoms with van der Waals surface area (Å²) in [6.07, 6.45) is 2.45. The van der Waals surface area contributed by atoms with Crippen LogP contribution in [0.5, 0.6) is 5.75 Å². The van der Waals surface area contributed by atoms with Gasteiger partial charge >= 0.3 is 0 Å². The summed E-state index contributed by atoms with van der Waals surface area (Å²) in [6.45, 7) is 2.96. The van der Waals surface area contributed by atoms with E-state index in [1.165, 1.54) is 0 Å². The molecule has 2 aromatic carbocycles. The number of nitrogens with one attached hydrogen (secondary N) is 1. The Bertz CT molecular complexity index is 1190. The molecule has 1 atom stereocenters. The Balaban J connectivity index is 1.30. The summed E-state index contributed by atoms with van der Waals surface area (Å²) in [5.74, 6) is 0.623. The number of aromatic nitrogens is 1. The van der Waals surface area contributed by atoms with E-state index in [1.807, 2.05) is 43.3 Å². The topological polar surface area (TPSA) is 88.6 Å². The smallest absolute Gasteiger partial charge is 0.240 e. The van der Waals surface area contributed by atoms with Crippen molar-refractivity contribution in [1.82, 2.24) is 14.6 Å². The zero-order chi connectivity index (χ0) is 21.8. The zero-order valence-electron chi connectivity index (χ0n) is 17.3. The van der Waals surface area contributed by atoms with Crippen molar-refractivity contribution in [2.75, 3.05) is 19.6 Å². The fourth-order valence-corrected chi connectivity index (χ4v) is 4.85. The molecule has 1 aromatic heterocycles. The first-order valence-electron chi connectivity index (χ1n) is 10.3. The molecule has 31 heavy (non-hydrogen) atoms. The minimum Gasteiger partial charge on any atom is -0.486 e. The highest BCUT2D eigenvalue weighted by atomic mass is 32.2. The molecule has 1 aliphatic heterocycles. The van der Waals surface area contributed by atoms with Gasteiger partial charge in [0.1, 0.15) is 17.4 Å². The average molecular weight is 440 g/mol. The number of ether oxygens (including phenoxy) is 1. The highest BCUT2D eigenvalue weighted by Gasteiger charge is 2.28. The number of carbonyl (C=O) groups is 1. The van der Waals surface area contributed by atoms with Crippen molar-refractivity contribution in [3.8, 4) is 5.75 Å². The van der Waals surface area contributed by atoms with E-state index in [1.54, 1.807) is 29.3 Å². The second-order valence-corrected chi connectivity index (χ2v) is 9.43. The molecule has 1 saturated heterocycles. The summed E-state index contributed by atoms with van der Waals surface area (Å²) in [4.78, 5) is 18.9. The molecule has 7 nitrogen and oxygen atoms in total. The number of benzene rings is 2. The van der Waals surface area contributed by atoms with Crippen LogP contribution in [0.15, 0.2) is 65.7 Å². The normalized spacial score (nSPS) is 16.5. The Labute approximate surface area is 182 Å². The lowest BCUT2D eigenvalue weighted by atomic mass is 10.2. The average Bonchev–Trinajstić information content (AvgIpc) is 3.22. The minimum absolute atomic E-state index is 0.0599. The number of para-hydroxylation sites is 1. The van der Waals surface area contributed by atoms with E-state index in [4.69, 9.17) is 4.74 Å². The molecule has 0 spiro atoms. The van der Waals surface area contributed by atoms with Gasteiger partial charge in [0.2, 0.25) is 15.9 Å². The number of likely N-dealkylation sites (tertiary alicyclic amines) is 1. The molecule has 162 valence electrons. The molecule has 1 aliphatic rings. The van der Waals surface area contributed by atoms with Gasteiger partial charge in [-0.1, -0.05) is 30.3 Å². The SMILES string of the molecule is Cc1cccc(S(=O)(=O)NCCC(=O)N2CC[C@H](Oc3cccc4cccnc34)C2)c1. The van der Waals surface area contributed by atoms with E-state index in [-0.39, 0.29) is 29.9 Å². The van der Waals surface area contributed by atoms with Crippen LogP contribution in [0.25, 0.3) is 10.9 Å². The number of fused-ring (bicyclic) bond motifs is 1. The first kappa shape index (κ1) is 21.3. The van der Waals surface area contributed by atoms with Crippen molar-refractivity contribution >= 4 is 26.8 Å². The second kappa shape index (κ2) is 9.03. The lowest BCUT2D eigenvalue weighted by Crippen LogP contribution is -2.34. The van der Waals surface area contributed by atoms with Crippen LogP contribution in [0.1, 0.15) is 18.4 Å². The fourth-order valence-electron chi connectivity index (χ4n) is 3.72. The molecule has 1 fully saturated rings. The molecule has 0 aliphatic carbocycles. The van der Waals surface area contributed by atoms with Gasteiger partial charge in [0.25, 0.3) is 0 Å². The summed E-state index contributed by atoms with van der Waals surface area (Å²) in [5, 5.41) is 1.01. The van der Waals surface area contributed by atoms with Gasteiger partial charge in [0.15, 0.2) is 0 Å². The summed E-state index contributed by atoms with van der Waals surface area (Å²) >= 11 is 0. The number of sulfonamides is 1. The molecule has 3 aromatic rings. The Hall–Kier alpha value is -2.97. The highest BCUT2D eigenvalue weighted by Crippen LogP contribution is 2.26. The molecular weight excluding hydrogens is 414 g/mol. The van der Waals surface area contributed by atoms with Crippen LogP contribution in [-0.2, 0) is 14.8 Å². The number of rotatable bonds is 7. The van der Waals surface area contributed by atoms with E-state index in [2.05, 4.69) is 9.71 Å². The third-order valence-corrected chi connectivity index (χ3v) is 6.78. The maximum absolute atomic E-state index is 12.6. The summed E-state index contributed by atoms with van der Waals surface area (Å²) in [7, 11) is -3.63. The first-order chi connectivity index (χ1) is 14.9. The van der Waals surface area contributed by atoms with Crippen LogP contribution in [0.3, 0.4) is 0 Å². The molecule has 1 amide bonds. The van der Waals surface area contributed by atoms with Crippen molar-refractivity contribution in [3.05, 3.63) is 66.4 Å². The number of hydrogen-bond donors (Lipinski definition) is 1. The van der Waals surface area contributed by atoms with Gasteiger partial charge in [-0.2, -0.15) is 0 Å². The monoisotopic (exact) mass is 439 g/mol. The first-order valence-corrected chi connectivity index (χ1v) is 11.8. The van der Waals surface area contributed by atoms with Gasteiger partial charge in [0.05, 0.1) is 11.4 Å². The Morgan fingerprint density at radius 2 is 2.00 bits per heavy atom. The standard InChI is InChI=1S/C23H25N3O4S/c1-17-5-2-8-20(15-17)31(28,29)25-13-10-22(27)26-14-11-19(16-26)30-21-9-3-6-18-7-4-12-24-23(18)21/h2-9,12,15,19,25H,10-11,13-14,16H2,1H3/t19-/m0/s1. The van der Waals surface area contributed by atoms with E-state index >= 15 is 0 Å². The van der Waals surface area contributed by atoms with E-state index < -0.39 is 10.0 Å². The van der Waals surface area contributed by atoms with Crippen LogP contribution in [0.2, 0.25) is 0 Å². The minimum atomic E-state index is -3.63. The predicted molar refractivity (Wildman–Crippen MR) is 118 cm³/mol. The lowest BCUT2D eigenvalue weighted by Gasteiger charge is -2.18. The number of aryl methyl sites for hydroxylation is 1. The van der Waals surface area contributed by atoms with E-state index in [9.17, 15) is 13.2 Å². The molecule has 8 heteroatoms. The van der Waals surface area contributed by atoms with Gasteiger partial charge in [-0.25, -0.2) is 13.1 Å². The number of amides is 1. The number of pyridine rings is 1. The van der Waals surface area contributed by atoms with E-state index in [0.717, 1.165) is 22.9 Å². The summed E-state index contributed by atoms with van der Waals surface area (Å²) in [6, 6.07) is 16.4. The quantitative estimate of drug-likeness (QED) is 0.612. The number of nitrogens with zero attached hydrogens (tertiary/aromatic N) is 2. The number of hydrogen-bond acceptors (Lipinski definition) is 5. The van der Waals surface area contributed by atoms with E-state index in [0.29, 0.717) is 18.8 Å². The van der Waals surface area contributed by atoms with Crippen molar-refractivity contribution in [2.24, 2.45) is 0 Å². The summed E-state index contributed by atoms with van der Waals surface area (Å²) < 4.78 is 33.4. The van der Waals surface area contributed by atoms with Crippen molar-refractivity contribution in [3.63, 3.8) is 0 Å². The van der Waals surface area contributed by atoms with Gasteiger partial charge in [-0.05, 0) is 36.8 Å². The van der Waals surface area contributed by atoms with Crippen LogP contribution in [-0.4, -0.2) is 49.9 Å². The molecule has 0 unspecified atom stereocenters. The molecule has 0 saturated carbocycles. The molecule has 2 heterocycles. The fraction of sp³-hybridized carbons (Fsp3) is 0.304. The Morgan fingerprint density at radius 3 is 2.84 bits per heavy atom. The van der Waals surface area contributed by atoms with Gasteiger partial charge in [0, 0.05) is 37.5 Å².